The predicted octanol–water partition coefficient (Wildman–Crippen LogP) is 2.98. The van der Waals surface area contributed by atoms with Crippen molar-refractivity contribution in [3.05, 3.63) is 40.6 Å². The number of nitrogens with one attached hydrogen (secondary N) is 1. The van der Waals surface area contributed by atoms with Crippen LogP contribution in [0.4, 0.5) is 5.13 Å². The third-order valence-electron chi connectivity index (χ3n) is 2.41. The highest BCUT2D eigenvalue weighted by Gasteiger charge is 2.05. The zero-order valence-corrected chi connectivity index (χ0v) is 11.8. The SMILES string of the molecule is Cc1nnc(NCc2csc(-c3cccnc3)n2)s1. The second kappa shape index (κ2) is 5.41. The largest absolute Gasteiger partial charge is 0.354 e. The van der Waals surface area contributed by atoms with Crippen LogP contribution >= 0.6 is 22.7 Å². The van der Waals surface area contributed by atoms with E-state index < -0.39 is 0 Å². The summed E-state index contributed by atoms with van der Waals surface area (Å²) >= 11 is 3.16. The van der Waals surface area contributed by atoms with E-state index in [9.17, 15) is 0 Å². The first kappa shape index (κ1) is 12.2. The molecule has 3 aromatic rings. The molecular weight excluding hydrogens is 278 g/mol. The molecule has 3 rings (SSSR count). The summed E-state index contributed by atoms with van der Waals surface area (Å²) in [5.41, 5.74) is 2.04. The van der Waals surface area contributed by atoms with Gasteiger partial charge in [-0.15, -0.1) is 21.5 Å². The van der Waals surface area contributed by atoms with Crippen LogP contribution in [0.3, 0.4) is 0 Å². The molecule has 0 unspecified atom stereocenters. The van der Waals surface area contributed by atoms with Gasteiger partial charge in [-0.05, 0) is 19.1 Å². The number of aromatic nitrogens is 4. The smallest absolute Gasteiger partial charge is 0.205 e. The van der Waals surface area contributed by atoms with Gasteiger partial charge in [-0.3, -0.25) is 4.98 Å². The van der Waals surface area contributed by atoms with Crippen LogP contribution in [0.1, 0.15) is 10.7 Å². The molecule has 0 amide bonds. The average molecular weight is 289 g/mol. The Bertz CT molecular complexity index is 662. The molecule has 0 spiro atoms. The summed E-state index contributed by atoms with van der Waals surface area (Å²) in [7, 11) is 0. The number of rotatable bonds is 4. The number of thiazole rings is 1. The molecule has 0 fully saturated rings. The fourth-order valence-electron chi connectivity index (χ4n) is 1.54. The van der Waals surface area contributed by atoms with E-state index >= 15 is 0 Å². The summed E-state index contributed by atoms with van der Waals surface area (Å²) in [4.78, 5) is 8.68. The molecule has 0 radical (unpaired) electrons. The van der Waals surface area contributed by atoms with E-state index in [1.165, 1.54) is 0 Å². The van der Waals surface area contributed by atoms with Crippen molar-refractivity contribution in [3.63, 3.8) is 0 Å². The minimum absolute atomic E-state index is 0.658. The third-order valence-corrected chi connectivity index (χ3v) is 4.14. The molecule has 0 bridgehead atoms. The van der Waals surface area contributed by atoms with Crippen molar-refractivity contribution in [1.82, 2.24) is 20.2 Å². The summed E-state index contributed by atoms with van der Waals surface area (Å²) in [6.45, 7) is 2.59. The zero-order valence-electron chi connectivity index (χ0n) is 10.2. The molecule has 5 nitrogen and oxygen atoms in total. The monoisotopic (exact) mass is 289 g/mol. The number of hydrogen-bond donors (Lipinski definition) is 1. The second-order valence-corrected chi connectivity index (χ2v) is 5.91. The van der Waals surface area contributed by atoms with Gasteiger partial charge in [0.15, 0.2) is 0 Å². The van der Waals surface area contributed by atoms with E-state index in [-0.39, 0.29) is 0 Å². The van der Waals surface area contributed by atoms with E-state index in [1.54, 1.807) is 28.9 Å². The maximum atomic E-state index is 4.57. The molecule has 0 saturated carbocycles. The molecule has 0 aliphatic heterocycles. The van der Waals surface area contributed by atoms with Gasteiger partial charge in [0.25, 0.3) is 0 Å². The van der Waals surface area contributed by atoms with Crippen LogP contribution in [-0.2, 0) is 6.54 Å². The van der Waals surface area contributed by atoms with Gasteiger partial charge in [0.2, 0.25) is 5.13 Å². The first-order valence-electron chi connectivity index (χ1n) is 5.70. The molecule has 0 saturated heterocycles. The Labute approximate surface area is 118 Å². The minimum Gasteiger partial charge on any atom is -0.354 e. The zero-order chi connectivity index (χ0) is 13.1. The Morgan fingerprint density at radius 2 is 2.26 bits per heavy atom. The van der Waals surface area contributed by atoms with Gasteiger partial charge in [-0.1, -0.05) is 11.3 Å². The Balaban J connectivity index is 1.68. The molecule has 0 aliphatic carbocycles. The van der Waals surface area contributed by atoms with Crippen LogP contribution in [0, 0.1) is 6.92 Å². The van der Waals surface area contributed by atoms with Gasteiger partial charge >= 0.3 is 0 Å². The van der Waals surface area contributed by atoms with Crippen molar-refractivity contribution in [2.75, 3.05) is 5.32 Å². The lowest BCUT2D eigenvalue weighted by molar-refractivity contribution is 1.01. The van der Waals surface area contributed by atoms with Gasteiger partial charge in [0.05, 0.1) is 12.2 Å². The quantitative estimate of drug-likeness (QED) is 0.800. The normalized spacial score (nSPS) is 10.6. The molecule has 19 heavy (non-hydrogen) atoms. The summed E-state index contributed by atoms with van der Waals surface area (Å²) in [6, 6.07) is 3.93. The second-order valence-electron chi connectivity index (χ2n) is 3.87. The molecule has 0 aliphatic rings. The molecule has 0 atom stereocenters. The van der Waals surface area contributed by atoms with Gasteiger partial charge < -0.3 is 5.32 Å². The van der Waals surface area contributed by atoms with Crippen molar-refractivity contribution in [1.29, 1.82) is 0 Å². The fraction of sp³-hybridized carbons (Fsp3) is 0.167. The van der Waals surface area contributed by atoms with Crippen LogP contribution in [-0.4, -0.2) is 20.2 Å². The van der Waals surface area contributed by atoms with E-state index in [0.29, 0.717) is 6.54 Å². The lowest BCUT2D eigenvalue weighted by Crippen LogP contribution is -1.99. The molecule has 96 valence electrons. The topological polar surface area (TPSA) is 63.6 Å². The lowest BCUT2D eigenvalue weighted by Gasteiger charge is -1.97. The predicted molar refractivity (Wildman–Crippen MR) is 77.3 cm³/mol. The number of pyridine rings is 1. The van der Waals surface area contributed by atoms with Crippen LogP contribution in [0.2, 0.25) is 0 Å². The van der Waals surface area contributed by atoms with E-state index in [2.05, 4.69) is 25.5 Å². The third kappa shape index (κ3) is 2.94. The Kier molecular flexibility index (Phi) is 3.47. The molecule has 0 aromatic carbocycles. The van der Waals surface area contributed by atoms with Crippen molar-refractivity contribution < 1.29 is 0 Å². The molecule has 3 aromatic heterocycles. The molecular formula is C12H11N5S2. The van der Waals surface area contributed by atoms with Crippen molar-refractivity contribution in [2.45, 2.75) is 13.5 Å². The van der Waals surface area contributed by atoms with E-state index in [1.807, 2.05) is 30.6 Å². The van der Waals surface area contributed by atoms with Gasteiger partial charge in [0, 0.05) is 23.3 Å². The standard InChI is InChI=1S/C12H11N5S2/c1-8-16-17-12(19-8)14-6-10-7-18-11(15-10)9-3-2-4-13-5-9/h2-5,7H,6H2,1H3,(H,14,17). The highest BCUT2D eigenvalue weighted by atomic mass is 32.1. The molecule has 1 N–H and O–H groups in total. The molecule has 7 heteroatoms. The number of anilines is 1. The maximum Gasteiger partial charge on any atom is 0.205 e. The average Bonchev–Trinajstić information content (AvgIpc) is 3.06. The highest BCUT2D eigenvalue weighted by molar-refractivity contribution is 7.15. The number of nitrogens with zero attached hydrogens (tertiary/aromatic N) is 4. The van der Waals surface area contributed by atoms with Crippen molar-refractivity contribution >= 4 is 27.8 Å². The van der Waals surface area contributed by atoms with E-state index in [4.69, 9.17) is 0 Å². The fourth-order valence-corrected chi connectivity index (χ4v) is 2.94. The Morgan fingerprint density at radius 1 is 1.32 bits per heavy atom. The van der Waals surface area contributed by atoms with Crippen LogP contribution in [0.5, 0.6) is 0 Å². The summed E-state index contributed by atoms with van der Waals surface area (Å²) < 4.78 is 0. The van der Waals surface area contributed by atoms with Gasteiger partial charge in [-0.2, -0.15) is 0 Å². The molecule has 3 heterocycles. The lowest BCUT2D eigenvalue weighted by atomic mass is 10.3. The van der Waals surface area contributed by atoms with Crippen LogP contribution < -0.4 is 5.32 Å². The summed E-state index contributed by atoms with van der Waals surface area (Å²) in [5, 5.41) is 16.0. The highest BCUT2D eigenvalue weighted by Crippen LogP contribution is 2.23. The number of aryl methyl sites for hydroxylation is 1. The summed E-state index contributed by atoms with van der Waals surface area (Å²) in [5.74, 6) is 0. The Morgan fingerprint density at radius 3 is 3.00 bits per heavy atom. The minimum atomic E-state index is 0.658. The van der Waals surface area contributed by atoms with Gasteiger partial charge in [0.1, 0.15) is 10.0 Å². The van der Waals surface area contributed by atoms with Crippen LogP contribution in [0.25, 0.3) is 10.6 Å². The Hall–Kier alpha value is -1.86. The van der Waals surface area contributed by atoms with Gasteiger partial charge in [-0.25, -0.2) is 4.98 Å². The van der Waals surface area contributed by atoms with Crippen molar-refractivity contribution in [2.24, 2.45) is 0 Å². The van der Waals surface area contributed by atoms with Crippen molar-refractivity contribution in [3.8, 4) is 10.6 Å². The van der Waals surface area contributed by atoms with E-state index in [0.717, 1.165) is 26.4 Å². The first-order valence-corrected chi connectivity index (χ1v) is 7.39. The summed E-state index contributed by atoms with van der Waals surface area (Å²) in [6.07, 6.45) is 3.58. The number of hydrogen-bond acceptors (Lipinski definition) is 7. The maximum absolute atomic E-state index is 4.57. The van der Waals surface area contributed by atoms with Crippen LogP contribution in [0.15, 0.2) is 29.9 Å². The first-order chi connectivity index (χ1) is 9.31.